The number of benzene rings is 1. The standard InChI is InChI=1S/C16H18FN3O3/c1-16(2)8-7-20(12(11(8)16)13(18)21)15(23)14(22)19-10-6-4-3-5-9(10)17/h3-6,8,11-12H,7H2,1-2H3,(H2,18,21)(H,19,22). The molecule has 1 saturated heterocycles. The van der Waals surface area contributed by atoms with Gasteiger partial charge in [-0.3, -0.25) is 14.4 Å². The predicted octanol–water partition coefficient (Wildman–Crippen LogP) is 0.732. The first-order chi connectivity index (χ1) is 10.7. The number of rotatable bonds is 2. The number of primary amides is 1. The molecule has 3 atom stereocenters. The molecule has 2 aliphatic rings. The van der Waals surface area contributed by atoms with Crippen molar-refractivity contribution in [3.63, 3.8) is 0 Å². The molecule has 1 aromatic carbocycles. The number of amides is 3. The summed E-state index contributed by atoms with van der Waals surface area (Å²) in [7, 11) is 0. The molecule has 1 aromatic rings. The maximum absolute atomic E-state index is 13.6. The van der Waals surface area contributed by atoms with Gasteiger partial charge >= 0.3 is 11.8 Å². The van der Waals surface area contributed by atoms with E-state index in [0.29, 0.717) is 6.54 Å². The summed E-state index contributed by atoms with van der Waals surface area (Å²) in [5.41, 5.74) is 5.28. The van der Waals surface area contributed by atoms with E-state index in [1.807, 2.05) is 13.8 Å². The summed E-state index contributed by atoms with van der Waals surface area (Å²) in [5, 5.41) is 2.24. The number of carbonyl (C=O) groups excluding carboxylic acids is 3. The van der Waals surface area contributed by atoms with Gasteiger partial charge in [-0.15, -0.1) is 0 Å². The van der Waals surface area contributed by atoms with Crippen LogP contribution in [0.25, 0.3) is 0 Å². The molecule has 2 fully saturated rings. The van der Waals surface area contributed by atoms with Crippen LogP contribution in [0, 0.1) is 23.1 Å². The van der Waals surface area contributed by atoms with E-state index < -0.39 is 29.6 Å². The van der Waals surface area contributed by atoms with Gasteiger partial charge in [0.15, 0.2) is 0 Å². The Kier molecular flexibility index (Phi) is 3.39. The van der Waals surface area contributed by atoms with E-state index in [1.54, 1.807) is 6.07 Å². The van der Waals surface area contributed by atoms with Crippen LogP contribution in [0.1, 0.15) is 13.8 Å². The summed E-state index contributed by atoms with van der Waals surface area (Å²) in [6, 6.07) is 4.78. The maximum atomic E-state index is 13.6. The number of hydrogen-bond donors (Lipinski definition) is 2. The van der Waals surface area contributed by atoms with Crippen molar-refractivity contribution in [3.05, 3.63) is 30.1 Å². The molecule has 0 spiro atoms. The number of fused-ring (bicyclic) bond motifs is 1. The molecule has 23 heavy (non-hydrogen) atoms. The zero-order valence-electron chi connectivity index (χ0n) is 12.9. The van der Waals surface area contributed by atoms with Gasteiger partial charge in [-0.05, 0) is 29.4 Å². The normalized spacial score (nSPS) is 27.3. The molecule has 6 nitrogen and oxygen atoms in total. The van der Waals surface area contributed by atoms with Crippen LogP contribution in [0.15, 0.2) is 24.3 Å². The van der Waals surface area contributed by atoms with Gasteiger partial charge in [0.25, 0.3) is 0 Å². The highest BCUT2D eigenvalue weighted by Crippen LogP contribution is 2.64. The number of piperidine rings is 1. The number of para-hydroxylation sites is 1. The van der Waals surface area contributed by atoms with Crippen LogP contribution in [0.3, 0.4) is 0 Å². The Hall–Kier alpha value is -2.44. The van der Waals surface area contributed by atoms with Gasteiger partial charge in [0.05, 0.1) is 5.69 Å². The third kappa shape index (κ3) is 2.36. The van der Waals surface area contributed by atoms with E-state index in [9.17, 15) is 18.8 Å². The van der Waals surface area contributed by atoms with Gasteiger partial charge in [0.2, 0.25) is 5.91 Å². The predicted molar refractivity (Wildman–Crippen MR) is 80.5 cm³/mol. The molecule has 0 bridgehead atoms. The second-order valence-corrected chi connectivity index (χ2v) is 6.69. The molecule has 3 amide bonds. The lowest BCUT2D eigenvalue weighted by molar-refractivity contribution is -0.146. The lowest BCUT2D eigenvalue weighted by Crippen LogP contribution is -2.51. The number of nitrogens with one attached hydrogen (secondary N) is 1. The number of likely N-dealkylation sites (tertiary alicyclic amines) is 1. The molecule has 3 N–H and O–H groups in total. The van der Waals surface area contributed by atoms with E-state index in [-0.39, 0.29) is 22.9 Å². The summed E-state index contributed by atoms with van der Waals surface area (Å²) in [5.74, 6) is -2.95. The molecular weight excluding hydrogens is 301 g/mol. The Morgan fingerprint density at radius 1 is 1.30 bits per heavy atom. The van der Waals surface area contributed by atoms with Crippen molar-refractivity contribution in [2.45, 2.75) is 19.9 Å². The minimum Gasteiger partial charge on any atom is -0.368 e. The fraction of sp³-hybridized carbons (Fsp3) is 0.438. The first-order valence-electron chi connectivity index (χ1n) is 7.41. The highest BCUT2D eigenvalue weighted by Gasteiger charge is 2.69. The molecule has 0 aromatic heterocycles. The molecular formula is C16H18FN3O3. The number of carbonyl (C=O) groups is 3. The Labute approximate surface area is 132 Å². The zero-order chi connectivity index (χ0) is 16.9. The lowest BCUT2D eigenvalue weighted by atomic mass is 10.0. The van der Waals surface area contributed by atoms with E-state index in [0.717, 1.165) is 0 Å². The molecule has 3 rings (SSSR count). The minimum absolute atomic E-state index is 0.0230. The number of nitrogens with zero attached hydrogens (tertiary/aromatic N) is 1. The summed E-state index contributed by atoms with van der Waals surface area (Å²) in [4.78, 5) is 37.3. The summed E-state index contributed by atoms with van der Waals surface area (Å²) in [6.45, 7) is 4.34. The van der Waals surface area contributed by atoms with Crippen molar-refractivity contribution in [2.75, 3.05) is 11.9 Å². The van der Waals surface area contributed by atoms with Gasteiger partial charge in [0, 0.05) is 6.54 Å². The van der Waals surface area contributed by atoms with Crippen LogP contribution in [-0.4, -0.2) is 35.2 Å². The molecule has 1 saturated carbocycles. The number of hydrogen-bond acceptors (Lipinski definition) is 3. The second-order valence-electron chi connectivity index (χ2n) is 6.69. The van der Waals surface area contributed by atoms with E-state index in [4.69, 9.17) is 5.73 Å². The summed E-state index contributed by atoms with van der Waals surface area (Å²) in [6.07, 6.45) is 0. The maximum Gasteiger partial charge on any atom is 0.314 e. The van der Waals surface area contributed by atoms with Crippen LogP contribution in [0.4, 0.5) is 10.1 Å². The van der Waals surface area contributed by atoms with Crippen LogP contribution >= 0.6 is 0 Å². The molecule has 1 heterocycles. The highest BCUT2D eigenvalue weighted by atomic mass is 19.1. The van der Waals surface area contributed by atoms with Gasteiger partial charge in [0.1, 0.15) is 11.9 Å². The molecule has 1 aliphatic heterocycles. The van der Waals surface area contributed by atoms with E-state index >= 15 is 0 Å². The topological polar surface area (TPSA) is 92.5 Å². The first kappa shape index (κ1) is 15.5. The first-order valence-corrected chi connectivity index (χ1v) is 7.41. The molecule has 3 unspecified atom stereocenters. The molecule has 122 valence electrons. The highest BCUT2D eigenvalue weighted by molar-refractivity contribution is 6.40. The fourth-order valence-corrected chi connectivity index (χ4v) is 3.69. The van der Waals surface area contributed by atoms with Crippen molar-refractivity contribution in [3.8, 4) is 0 Å². The Morgan fingerprint density at radius 3 is 2.57 bits per heavy atom. The van der Waals surface area contributed by atoms with Crippen molar-refractivity contribution >= 4 is 23.4 Å². The smallest absolute Gasteiger partial charge is 0.314 e. The second kappa shape index (κ2) is 5.04. The zero-order valence-corrected chi connectivity index (χ0v) is 12.9. The van der Waals surface area contributed by atoms with Crippen LogP contribution in [-0.2, 0) is 14.4 Å². The number of nitrogens with two attached hydrogens (primary N) is 1. The van der Waals surface area contributed by atoms with Crippen molar-refractivity contribution in [2.24, 2.45) is 23.0 Å². The monoisotopic (exact) mass is 319 g/mol. The molecule has 1 aliphatic carbocycles. The number of halogens is 1. The third-order valence-corrected chi connectivity index (χ3v) is 5.08. The Balaban J connectivity index is 1.75. The van der Waals surface area contributed by atoms with Crippen molar-refractivity contribution in [1.29, 1.82) is 0 Å². The SMILES string of the molecule is CC1(C)C2CN(C(=O)C(=O)Nc3ccccc3F)C(C(N)=O)C21. The summed E-state index contributed by atoms with van der Waals surface area (Å²) >= 11 is 0. The average Bonchev–Trinajstić information content (AvgIpc) is 2.87. The largest absolute Gasteiger partial charge is 0.368 e. The fourth-order valence-electron chi connectivity index (χ4n) is 3.69. The van der Waals surface area contributed by atoms with E-state index in [1.165, 1.54) is 23.1 Å². The van der Waals surface area contributed by atoms with Crippen molar-refractivity contribution < 1.29 is 18.8 Å². The van der Waals surface area contributed by atoms with Gasteiger partial charge in [-0.25, -0.2) is 4.39 Å². The van der Waals surface area contributed by atoms with E-state index in [2.05, 4.69) is 5.32 Å². The van der Waals surface area contributed by atoms with Crippen LogP contribution in [0.2, 0.25) is 0 Å². The van der Waals surface area contributed by atoms with Crippen LogP contribution < -0.4 is 11.1 Å². The molecule has 0 radical (unpaired) electrons. The minimum atomic E-state index is -0.972. The third-order valence-electron chi connectivity index (χ3n) is 5.08. The Bertz CT molecular complexity index is 704. The van der Waals surface area contributed by atoms with Gasteiger partial charge in [-0.2, -0.15) is 0 Å². The van der Waals surface area contributed by atoms with Gasteiger partial charge in [-0.1, -0.05) is 26.0 Å². The van der Waals surface area contributed by atoms with Gasteiger partial charge < -0.3 is 16.0 Å². The summed E-state index contributed by atoms with van der Waals surface area (Å²) < 4.78 is 13.6. The van der Waals surface area contributed by atoms with Crippen molar-refractivity contribution in [1.82, 2.24) is 4.90 Å². The Morgan fingerprint density at radius 2 is 1.96 bits per heavy atom. The molecule has 7 heteroatoms. The quantitative estimate of drug-likeness (QED) is 0.787. The van der Waals surface area contributed by atoms with Crippen LogP contribution in [0.5, 0.6) is 0 Å². The number of anilines is 1. The average molecular weight is 319 g/mol. The lowest BCUT2D eigenvalue weighted by Gasteiger charge is -2.28.